The van der Waals surface area contributed by atoms with Gasteiger partial charge in [-0.25, -0.2) is 0 Å². The first-order chi connectivity index (χ1) is 6.47. The summed E-state index contributed by atoms with van der Waals surface area (Å²) in [5.74, 6) is 0.177. The highest BCUT2D eigenvalue weighted by atomic mass is 16.3. The summed E-state index contributed by atoms with van der Waals surface area (Å²) in [4.78, 5) is 13.6. The molecular weight excluding hydrogens is 178 g/mol. The molecule has 1 heterocycles. The minimum Gasteiger partial charge on any atom is -0.391 e. The van der Waals surface area contributed by atoms with Crippen LogP contribution in [0.3, 0.4) is 0 Å². The summed E-state index contributed by atoms with van der Waals surface area (Å²) in [7, 11) is 0. The van der Waals surface area contributed by atoms with Crippen LogP contribution in [0.15, 0.2) is 0 Å². The van der Waals surface area contributed by atoms with Crippen LogP contribution in [0.4, 0.5) is 0 Å². The number of rotatable bonds is 2. The van der Waals surface area contributed by atoms with Gasteiger partial charge in [0.1, 0.15) is 0 Å². The summed E-state index contributed by atoms with van der Waals surface area (Å²) in [5.41, 5.74) is -0.0779. The first-order valence-corrected chi connectivity index (χ1v) is 5.46. The van der Waals surface area contributed by atoms with E-state index in [0.717, 1.165) is 19.3 Å². The topological polar surface area (TPSA) is 40.5 Å². The van der Waals surface area contributed by atoms with Gasteiger partial charge in [0.2, 0.25) is 5.91 Å². The van der Waals surface area contributed by atoms with Crippen LogP contribution in [0, 0.1) is 0 Å². The lowest BCUT2D eigenvalue weighted by Gasteiger charge is -2.44. The lowest BCUT2D eigenvalue weighted by Crippen LogP contribution is -2.54. The SMILES string of the molecule is CCCC(=O)N1CC(O)CCC1(C)C. The number of nitrogens with zero attached hydrogens (tertiary/aromatic N) is 1. The molecule has 0 bridgehead atoms. The molecule has 0 aromatic heterocycles. The fourth-order valence-corrected chi connectivity index (χ4v) is 1.99. The van der Waals surface area contributed by atoms with Crippen molar-refractivity contribution in [3.8, 4) is 0 Å². The van der Waals surface area contributed by atoms with E-state index in [1.807, 2.05) is 11.8 Å². The molecule has 1 saturated heterocycles. The van der Waals surface area contributed by atoms with Gasteiger partial charge in [-0.1, -0.05) is 6.92 Å². The van der Waals surface area contributed by atoms with E-state index in [9.17, 15) is 9.90 Å². The van der Waals surface area contributed by atoms with Crippen LogP contribution in [-0.2, 0) is 4.79 Å². The highest BCUT2D eigenvalue weighted by Crippen LogP contribution is 2.28. The molecule has 0 radical (unpaired) electrons. The van der Waals surface area contributed by atoms with Crippen molar-refractivity contribution in [1.29, 1.82) is 0 Å². The maximum atomic E-state index is 11.8. The molecule has 1 aliphatic rings. The second-order valence-corrected chi connectivity index (χ2v) is 4.76. The summed E-state index contributed by atoms with van der Waals surface area (Å²) in [5, 5.41) is 9.54. The predicted molar refractivity (Wildman–Crippen MR) is 55.9 cm³/mol. The predicted octanol–water partition coefficient (Wildman–Crippen LogP) is 1.55. The second-order valence-electron chi connectivity index (χ2n) is 4.76. The number of amides is 1. The molecule has 0 aromatic rings. The third-order valence-corrected chi connectivity index (χ3v) is 2.98. The van der Waals surface area contributed by atoms with Crippen molar-refractivity contribution in [2.75, 3.05) is 6.54 Å². The van der Waals surface area contributed by atoms with Gasteiger partial charge < -0.3 is 10.0 Å². The van der Waals surface area contributed by atoms with E-state index in [1.54, 1.807) is 0 Å². The fourth-order valence-electron chi connectivity index (χ4n) is 1.99. The lowest BCUT2D eigenvalue weighted by molar-refractivity contribution is -0.142. The largest absolute Gasteiger partial charge is 0.391 e. The Kier molecular flexibility index (Phi) is 3.53. The van der Waals surface area contributed by atoms with Crippen molar-refractivity contribution in [2.24, 2.45) is 0 Å². The Morgan fingerprint density at radius 2 is 2.21 bits per heavy atom. The molecule has 0 saturated carbocycles. The minimum atomic E-state index is -0.330. The Bertz CT molecular complexity index is 213. The monoisotopic (exact) mass is 199 g/mol. The van der Waals surface area contributed by atoms with E-state index in [1.165, 1.54) is 0 Å². The van der Waals surface area contributed by atoms with Crippen molar-refractivity contribution < 1.29 is 9.90 Å². The third-order valence-electron chi connectivity index (χ3n) is 2.98. The van der Waals surface area contributed by atoms with E-state index < -0.39 is 0 Å². The number of aliphatic hydroxyl groups is 1. The summed E-state index contributed by atoms with van der Waals surface area (Å²) in [6.07, 6.45) is 2.84. The van der Waals surface area contributed by atoms with Crippen molar-refractivity contribution in [3.63, 3.8) is 0 Å². The molecule has 3 nitrogen and oxygen atoms in total. The van der Waals surface area contributed by atoms with Gasteiger partial charge in [0, 0.05) is 18.5 Å². The summed E-state index contributed by atoms with van der Waals surface area (Å²) >= 11 is 0. The van der Waals surface area contributed by atoms with E-state index in [4.69, 9.17) is 0 Å². The zero-order valence-electron chi connectivity index (χ0n) is 9.42. The highest BCUT2D eigenvalue weighted by molar-refractivity contribution is 5.77. The number of carbonyl (C=O) groups is 1. The first-order valence-electron chi connectivity index (χ1n) is 5.46. The molecule has 0 spiro atoms. The maximum absolute atomic E-state index is 11.8. The number of piperidine rings is 1. The molecule has 14 heavy (non-hydrogen) atoms. The van der Waals surface area contributed by atoms with E-state index in [-0.39, 0.29) is 17.6 Å². The Morgan fingerprint density at radius 3 is 2.79 bits per heavy atom. The summed E-state index contributed by atoms with van der Waals surface area (Å²) < 4.78 is 0. The van der Waals surface area contributed by atoms with E-state index >= 15 is 0 Å². The highest BCUT2D eigenvalue weighted by Gasteiger charge is 2.35. The van der Waals surface area contributed by atoms with Gasteiger partial charge in [-0.05, 0) is 33.1 Å². The fraction of sp³-hybridized carbons (Fsp3) is 0.909. The molecule has 1 aliphatic heterocycles. The van der Waals surface area contributed by atoms with E-state index in [2.05, 4.69) is 13.8 Å². The molecular formula is C11H21NO2. The Morgan fingerprint density at radius 1 is 1.57 bits per heavy atom. The average molecular weight is 199 g/mol. The van der Waals surface area contributed by atoms with Crippen LogP contribution < -0.4 is 0 Å². The van der Waals surface area contributed by atoms with Crippen LogP contribution in [0.1, 0.15) is 46.5 Å². The van der Waals surface area contributed by atoms with Crippen molar-refractivity contribution in [3.05, 3.63) is 0 Å². The molecule has 1 rings (SSSR count). The number of carbonyl (C=O) groups excluding carboxylic acids is 1. The van der Waals surface area contributed by atoms with Crippen LogP contribution in [-0.4, -0.2) is 34.1 Å². The van der Waals surface area contributed by atoms with Gasteiger partial charge in [0.05, 0.1) is 6.10 Å². The van der Waals surface area contributed by atoms with Crippen molar-refractivity contribution in [2.45, 2.75) is 58.1 Å². The summed E-state index contributed by atoms with van der Waals surface area (Å²) in [6, 6.07) is 0. The normalized spacial score (nSPS) is 26.3. The minimum absolute atomic E-state index is 0.0779. The smallest absolute Gasteiger partial charge is 0.223 e. The Labute approximate surface area is 86.1 Å². The van der Waals surface area contributed by atoms with Gasteiger partial charge in [-0.15, -0.1) is 0 Å². The number of β-amino-alcohol motifs (C(OH)–C–C–N with tert-alkyl or cyclic N) is 1. The van der Waals surface area contributed by atoms with Gasteiger partial charge >= 0.3 is 0 Å². The van der Waals surface area contributed by atoms with Gasteiger partial charge in [-0.3, -0.25) is 4.79 Å². The number of hydrogen-bond acceptors (Lipinski definition) is 2. The zero-order valence-corrected chi connectivity index (χ0v) is 9.42. The van der Waals surface area contributed by atoms with E-state index in [0.29, 0.717) is 13.0 Å². The molecule has 1 N–H and O–H groups in total. The Balaban J connectivity index is 2.67. The second kappa shape index (κ2) is 4.30. The summed E-state index contributed by atoms with van der Waals surface area (Å²) in [6.45, 7) is 6.66. The molecule has 0 aromatic carbocycles. The first kappa shape index (κ1) is 11.5. The molecule has 3 heteroatoms. The lowest BCUT2D eigenvalue weighted by atomic mass is 9.89. The maximum Gasteiger partial charge on any atom is 0.223 e. The van der Waals surface area contributed by atoms with Gasteiger partial charge in [0.25, 0.3) is 0 Å². The molecule has 82 valence electrons. The number of aliphatic hydroxyl groups excluding tert-OH is 1. The van der Waals surface area contributed by atoms with Gasteiger partial charge in [-0.2, -0.15) is 0 Å². The third kappa shape index (κ3) is 2.47. The van der Waals surface area contributed by atoms with Crippen LogP contribution in [0.5, 0.6) is 0 Å². The molecule has 1 unspecified atom stereocenters. The average Bonchev–Trinajstić information content (AvgIpc) is 2.10. The van der Waals surface area contributed by atoms with Gasteiger partial charge in [0.15, 0.2) is 0 Å². The van der Waals surface area contributed by atoms with Crippen molar-refractivity contribution >= 4 is 5.91 Å². The number of likely N-dealkylation sites (tertiary alicyclic amines) is 1. The molecule has 1 amide bonds. The zero-order chi connectivity index (χ0) is 10.8. The quantitative estimate of drug-likeness (QED) is 0.733. The molecule has 1 atom stereocenters. The standard InChI is InChI=1S/C11H21NO2/c1-4-5-10(14)12-8-9(13)6-7-11(12,2)3/h9,13H,4-8H2,1-3H3. The Hall–Kier alpha value is -0.570. The van der Waals surface area contributed by atoms with Crippen LogP contribution >= 0.6 is 0 Å². The van der Waals surface area contributed by atoms with Crippen LogP contribution in [0.25, 0.3) is 0 Å². The number of hydrogen-bond donors (Lipinski definition) is 1. The molecule has 1 fully saturated rings. The van der Waals surface area contributed by atoms with Crippen LogP contribution in [0.2, 0.25) is 0 Å². The van der Waals surface area contributed by atoms with Crippen molar-refractivity contribution in [1.82, 2.24) is 4.90 Å². The molecule has 0 aliphatic carbocycles.